The van der Waals surface area contributed by atoms with Gasteiger partial charge < -0.3 is 5.11 Å². The lowest BCUT2D eigenvalue weighted by Crippen LogP contribution is -1.95. The molecular formula is C10H12BrNO. The second-order valence-electron chi connectivity index (χ2n) is 2.92. The number of rotatable bonds is 3. The van der Waals surface area contributed by atoms with Crippen LogP contribution in [0.15, 0.2) is 29.0 Å². The first kappa shape index (κ1) is 10.4. The molecule has 1 aromatic heterocycles. The van der Waals surface area contributed by atoms with E-state index >= 15 is 0 Å². The van der Waals surface area contributed by atoms with Crippen LogP contribution in [0.4, 0.5) is 0 Å². The standard InChI is InChI=1S/C10H12BrNO/c1-8(13)3-2-4-9-5-10(11)7-12-6-9/h2,4-8,13H,3H2,1H3/b4-2+. The predicted octanol–water partition coefficient (Wildman–Crippen LogP) is 2.63. The number of hydrogen-bond acceptors (Lipinski definition) is 2. The van der Waals surface area contributed by atoms with E-state index < -0.39 is 0 Å². The Hall–Kier alpha value is -0.670. The summed E-state index contributed by atoms with van der Waals surface area (Å²) in [6.07, 6.45) is 7.80. The molecule has 1 heterocycles. The van der Waals surface area contributed by atoms with Gasteiger partial charge in [-0.1, -0.05) is 12.2 Å². The summed E-state index contributed by atoms with van der Waals surface area (Å²) in [7, 11) is 0. The Morgan fingerprint density at radius 1 is 1.62 bits per heavy atom. The van der Waals surface area contributed by atoms with Crippen molar-refractivity contribution in [3.05, 3.63) is 34.6 Å². The molecule has 0 radical (unpaired) electrons. The van der Waals surface area contributed by atoms with E-state index in [1.54, 1.807) is 19.3 Å². The molecule has 0 saturated carbocycles. The molecule has 0 spiro atoms. The molecule has 0 bridgehead atoms. The molecule has 13 heavy (non-hydrogen) atoms. The third-order valence-corrected chi connectivity index (χ3v) is 1.95. The Morgan fingerprint density at radius 2 is 2.38 bits per heavy atom. The molecule has 1 rings (SSSR count). The fourth-order valence-electron chi connectivity index (χ4n) is 0.921. The quantitative estimate of drug-likeness (QED) is 0.883. The zero-order chi connectivity index (χ0) is 9.68. The van der Waals surface area contributed by atoms with Crippen molar-refractivity contribution in [2.45, 2.75) is 19.4 Å². The maximum atomic E-state index is 9.01. The fourth-order valence-corrected chi connectivity index (χ4v) is 1.30. The van der Waals surface area contributed by atoms with Crippen molar-refractivity contribution in [1.82, 2.24) is 4.98 Å². The average Bonchev–Trinajstić information content (AvgIpc) is 2.03. The highest BCUT2D eigenvalue weighted by Gasteiger charge is 1.91. The number of pyridine rings is 1. The maximum absolute atomic E-state index is 9.01. The summed E-state index contributed by atoms with van der Waals surface area (Å²) in [5, 5.41) is 9.01. The minimum absolute atomic E-state index is 0.281. The smallest absolute Gasteiger partial charge is 0.0546 e. The third kappa shape index (κ3) is 4.20. The SMILES string of the molecule is CC(O)C/C=C/c1cncc(Br)c1. The highest BCUT2D eigenvalue weighted by molar-refractivity contribution is 9.10. The average molecular weight is 242 g/mol. The van der Waals surface area contributed by atoms with E-state index in [2.05, 4.69) is 20.9 Å². The van der Waals surface area contributed by atoms with Crippen molar-refractivity contribution in [2.24, 2.45) is 0 Å². The van der Waals surface area contributed by atoms with Gasteiger partial charge in [0.05, 0.1) is 6.10 Å². The van der Waals surface area contributed by atoms with Gasteiger partial charge in [0.25, 0.3) is 0 Å². The van der Waals surface area contributed by atoms with Gasteiger partial charge in [0.1, 0.15) is 0 Å². The van der Waals surface area contributed by atoms with Gasteiger partial charge in [0.2, 0.25) is 0 Å². The fraction of sp³-hybridized carbons (Fsp3) is 0.300. The van der Waals surface area contributed by atoms with Crippen molar-refractivity contribution in [3.8, 4) is 0 Å². The molecule has 1 atom stereocenters. The number of aliphatic hydroxyl groups is 1. The van der Waals surface area contributed by atoms with Crippen LogP contribution in [0.25, 0.3) is 6.08 Å². The second-order valence-corrected chi connectivity index (χ2v) is 3.84. The van der Waals surface area contributed by atoms with E-state index in [1.165, 1.54) is 0 Å². The highest BCUT2D eigenvalue weighted by atomic mass is 79.9. The molecule has 1 unspecified atom stereocenters. The Bertz CT molecular complexity index is 297. The van der Waals surface area contributed by atoms with Gasteiger partial charge in [-0.15, -0.1) is 0 Å². The molecular weight excluding hydrogens is 230 g/mol. The van der Waals surface area contributed by atoms with Crippen molar-refractivity contribution in [2.75, 3.05) is 0 Å². The topological polar surface area (TPSA) is 33.1 Å². The van der Waals surface area contributed by atoms with E-state index in [1.807, 2.05) is 18.2 Å². The minimum atomic E-state index is -0.281. The van der Waals surface area contributed by atoms with Crippen LogP contribution in [0.3, 0.4) is 0 Å². The van der Waals surface area contributed by atoms with Crippen LogP contribution in [0.1, 0.15) is 18.9 Å². The Labute approximate surface area is 86.4 Å². The summed E-state index contributed by atoms with van der Waals surface area (Å²) in [5.74, 6) is 0. The molecule has 3 heteroatoms. The molecule has 1 N–H and O–H groups in total. The number of halogens is 1. The molecule has 1 aromatic rings. The summed E-state index contributed by atoms with van der Waals surface area (Å²) in [4.78, 5) is 4.02. The molecule has 0 aliphatic carbocycles. The van der Waals surface area contributed by atoms with Crippen molar-refractivity contribution in [1.29, 1.82) is 0 Å². The number of nitrogens with zero attached hydrogens (tertiary/aromatic N) is 1. The van der Waals surface area contributed by atoms with Crippen LogP contribution >= 0.6 is 15.9 Å². The molecule has 70 valence electrons. The largest absolute Gasteiger partial charge is 0.393 e. The summed E-state index contributed by atoms with van der Waals surface area (Å²) in [6.45, 7) is 1.77. The first-order valence-corrected chi connectivity index (χ1v) is 4.93. The van der Waals surface area contributed by atoms with Gasteiger partial charge in [-0.2, -0.15) is 0 Å². The zero-order valence-electron chi connectivity index (χ0n) is 7.44. The third-order valence-electron chi connectivity index (χ3n) is 1.51. The molecule has 2 nitrogen and oxygen atoms in total. The van der Waals surface area contributed by atoms with Crippen LogP contribution in [0.5, 0.6) is 0 Å². The summed E-state index contributed by atoms with van der Waals surface area (Å²) in [5.41, 5.74) is 1.04. The van der Waals surface area contributed by atoms with Crippen molar-refractivity contribution in [3.63, 3.8) is 0 Å². The normalized spacial score (nSPS) is 13.5. The van der Waals surface area contributed by atoms with Crippen LogP contribution in [-0.2, 0) is 0 Å². The van der Waals surface area contributed by atoms with E-state index in [9.17, 15) is 0 Å². The van der Waals surface area contributed by atoms with E-state index in [0.29, 0.717) is 6.42 Å². The summed E-state index contributed by atoms with van der Waals surface area (Å²) < 4.78 is 0.965. The van der Waals surface area contributed by atoms with Crippen LogP contribution < -0.4 is 0 Å². The second kappa shape index (κ2) is 5.14. The van der Waals surface area contributed by atoms with Gasteiger partial charge >= 0.3 is 0 Å². The minimum Gasteiger partial charge on any atom is -0.393 e. The van der Waals surface area contributed by atoms with Crippen LogP contribution in [-0.4, -0.2) is 16.2 Å². The highest BCUT2D eigenvalue weighted by Crippen LogP contribution is 2.11. The van der Waals surface area contributed by atoms with Gasteiger partial charge in [-0.25, -0.2) is 0 Å². The lowest BCUT2D eigenvalue weighted by molar-refractivity contribution is 0.199. The molecule has 0 aromatic carbocycles. The molecule has 0 saturated heterocycles. The Morgan fingerprint density at radius 3 is 3.00 bits per heavy atom. The number of aromatic nitrogens is 1. The predicted molar refractivity (Wildman–Crippen MR) is 57.3 cm³/mol. The Balaban J connectivity index is 2.58. The first-order chi connectivity index (χ1) is 6.18. The van der Waals surface area contributed by atoms with Gasteiger partial charge in [0.15, 0.2) is 0 Å². The molecule has 0 amide bonds. The van der Waals surface area contributed by atoms with E-state index in [0.717, 1.165) is 10.0 Å². The van der Waals surface area contributed by atoms with Crippen molar-refractivity contribution >= 4 is 22.0 Å². The number of aliphatic hydroxyl groups excluding tert-OH is 1. The molecule has 0 fully saturated rings. The monoisotopic (exact) mass is 241 g/mol. The Kier molecular flexibility index (Phi) is 4.12. The molecule has 0 aliphatic rings. The lowest BCUT2D eigenvalue weighted by Gasteiger charge is -1.97. The van der Waals surface area contributed by atoms with Crippen molar-refractivity contribution < 1.29 is 5.11 Å². The van der Waals surface area contributed by atoms with Crippen LogP contribution in [0, 0.1) is 0 Å². The van der Waals surface area contributed by atoms with Crippen LogP contribution in [0.2, 0.25) is 0 Å². The maximum Gasteiger partial charge on any atom is 0.0546 e. The van der Waals surface area contributed by atoms with Gasteiger partial charge in [-0.3, -0.25) is 4.98 Å². The zero-order valence-corrected chi connectivity index (χ0v) is 9.03. The van der Waals surface area contributed by atoms with E-state index in [4.69, 9.17) is 5.11 Å². The summed E-state index contributed by atoms with van der Waals surface area (Å²) >= 11 is 3.34. The number of hydrogen-bond donors (Lipinski definition) is 1. The summed E-state index contributed by atoms with van der Waals surface area (Å²) in [6, 6.07) is 1.98. The molecule has 0 aliphatic heterocycles. The van der Waals surface area contributed by atoms with E-state index in [-0.39, 0.29) is 6.10 Å². The lowest BCUT2D eigenvalue weighted by atomic mass is 10.2. The van der Waals surface area contributed by atoms with Gasteiger partial charge in [0, 0.05) is 16.9 Å². The van der Waals surface area contributed by atoms with Gasteiger partial charge in [-0.05, 0) is 40.9 Å². The first-order valence-electron chi connectivity index (χ1n) is 4.13.